The molecular weight excluding hydrogens is 332 g/mol. The summed E-state index contributed by atoms with van der Waals surface area (Å²) in [5.41, 5.74) is 0.409. The van der Waals surface area contributed by atoms with E-state index < -0.39 is 17.8 Å². The molecule has 0 spiro atoms. The molecule has 24 heavy (non-hydrogen) atoms. The van der Waals surface area contributed by atoms with Crippen LogP contribution in [-0.2, 0) is 14.3 Å². The molecule has 1 aliphatic rings. The summed E-state index contributed by atoms with van der Waals surface area (Å²) < 4.78 is 4.61. The first kappa shape index (κ1) is 18.0. The van der Waals surface area contributed by atoms with Gasteiger partial charge in [-0.3, -0.25) is 9.59 Å². The molecule has 0 heterocycles. The van der Waals surface area contributed by atoms with Gasteiger partial charge in [0.1, 0.15) is 0 Å². The maximum atomic E-state index is 12.0. The lowest BCUT2D eigenvalue weighted by molar-refractivity contribution is -0.136. The van der Waals surface area contributed by atoms with Crippen LogP contribution >= 0.6 is 11.6 Å². The first-order chi connectivity index (χ1) is 11.5. The molecule has 0 saturated carbocycles. The zero-order valence-electron chi connectivity index (χ0n) is 13.3. The molecule has 1 atom stereocenters. The molecule has 0 radical (unpaired) electrons. The van der Waals surface area contributed by atoms with Crippen molar-refractivity contribution in [2.45, 2.75) is 19.3 Å². The lowest BCUT2D eigenvalue weighted by Gasteiger charge is -2.18. The number of carbonyl (C=O) groups is 3. The minimum Gasteiger partial charge on any atom is -0.465 e. The number of amides is 2. The van der Waals surface area contributed by atoms with Crippen LogP contribution in [-0.4, -0.2) is 31.4 Å². The van der Waals surface area contributed by atoms with E-state index >= 15 is 0 Å². The summed E-state index contributed by atoms with van der Waals surface area (Å²) in [5.74, 6) is -1.77. The zero-order chi connectivity index (χ0) is 17.5. The molecule has 1 aliphatic carbocycles. The fraction of sp³-hybridized carbons (Fsp3) is 0.353. The fourth-order valence-electron chi connectivity index (χ4n) is 2.40. The van der Waals surface area contributed by atoms with Gasteiger partial charge in [-0.05, 0) is 43.4 Å². The van der Waals surface area contributed by atoms with Crippen molar-refractivity contribution >= 4 is 35.1 Å². The number of anilines is 1. The smallest absolute Gasteiger partial charge is 0.337 e. The number of halogens is 1. The van der Waals surface area contributed by atoms with Crippen LogP contribution in [0.15, 0.2) is 30.4 Å². The van der Waals surface area contributed by atoms with Crippen molar-refractivity contribution in [3.05, 3.63) is 40.9 Å². The van der Waals surface area contributed by atoms with Crippen LogP contribution in [0, 0.1) is 5.92 Å². The summed E-state index contributed by atoms with van der Waals surface area (Å²) in [5, 5.41) is 5.26. The van der Waals surface area contributed by atoms with E-state index in [4.69, 9.17) is 11.6 Å². The summed E-state index contributed by atoms with van der Waals surface area (Å²) in [7, 11) is 1.25. The predicted octanol–water partition coefficient (Wildman–Crippen LogP) is 2.54. The van der Waals surface area contributed by atoms with Crippen molar-refractivity contribution in [2.75, 3.05) is 19.0 Å². The molecule has 1 aromatic carbocycles. The lowest BCUT2D eigenvalue weighted by Crippen LogP contribution is -2.38. The fourth-order valence-corrected chi connectivity index (χ4v) is 2.57. The van der Waals surface area contributed by atoms with Crippen LogP contribution in [0.3, 0.4) is 0 Å². The Morgan fingerprint density at radius 1 is 1.25 bits per heavy atom. The van der Waals surface area contributed by atoms with Crippen molar-refractivity contribution in [3.63, 3.8) is 0 Å². The largest absolute Gasteiger partial charge is 0.465 e. The summed E-state index contributed by atoms with van der Waals surface area (Å²) in [6.07, 6.45) is 7.07. The van der Waals surface area contributed by atoms with Crippen molar-refractivity contribution in [1.29, 1.82) is 0 Å². The molecule has 1 aromatic rings. The van der Waals surface area contributed by atoms with Gasteiger partial charge in [-0.25, -0.2) is 4.79 Å². The maximum Gasteiger partial charge on any atom is 0.337 e. The molecular formula is C17H19ClN2O4. The molecule has 2 N–H and O–H groups in total. The molecule has 2 amide bonds. The van der Waals surface area contributed by atoms with E-state index in [1.54, 1.807) is 0 Å². The molecule has 128 valence electrons. The minimum absolute atomic E-state index is 0.181. The van der Waals surface area contributed by atoms with Crippen LogP contribution < -0.4 is 10.6 Å². The Labute approximate surface area is 145 Å². The predicted molar refractivity (Wildman–Crippen MR) is 90.9 cm³/mol. The standard InChI is InChI=1S/C17H19ClN2O4/c1-24-17(23)12-7-8-13(18)14(9-12)20-16(22)15(21)19-10-11-5-3-2-4-6-11/h2-3,7-9,11H,4-6,10H2,1H3,(H,19,21)(H,20,22). The van der Waals surface area contributed by atoms with Gasteiger partial charge in [0.05, 0.1) is 23.4 Å². The minimum atomic E-state index is -0.828. The van der Waals surface area contributed by atoms with Crippen molar-refractivity contribution in [1.82, 2.24) is 5.32 Å². The van der Waals surface area contributed by atoms with Gasteiger partial charge in [-0.2, -0.15) is 0 Å². The third-order valence-corrected chi connectivity index (χ3v) is 4.10. The van der Waals surface area contributed by atoms with Crippen molar-refractivity contribution < 1.29 is 19.1 Å². The van der Waals surface area contributed by atoms with Gasteiger partial charge in [-0.15, -0.1) is 0 Å². The molecule has 7 heteroatoms. The topological polar surface area (TPSA) is 84.5 Å². The molecule has 0 fully saturated rings. The van der Waals surface area contributed by atoms with Crippen LogP contribution in [0.5, 0.6) is 0 Å². The van der Waals surface area contributed by atoms with Gasteiger partial charge in [-0.1, -0.05) is 23.8 Å². The average Bonchev–Trinajstić information content (AvgIpc) is 2.61. The van der Waals surface area contributed by atoms with Gasteiger partial charge >= 0.3 is 17.8 Å². The number of hydrogen-bond donors (Lipinski definition) is 2. The summed E-state index contributed by atoms with van der Waals surface area (Å²) >= 11 is 5.99. The van der Waals surface area contributed by atoms with Crippen LogP contribution in [0.25, 0.3) is 0 Å². The van der Waals surface area contributed by atoms with Crippen molar-refractivity contribution in [3.8, 4) is 0 Å². The van der Waals surface area contributed by atoms with E-state index in [1.165, 1.54) is 25.3 Å². The molecule has 0 aliphatic heterocycles. The number of benzene rings is 1. The second-order valence-electron chi connectivity index (χ2n) is 5.50. The molecule has 0 saturated heterocycles. The van der Waals surface area contributed by atoms with Gasteiger partial charge < -0.3 is 15.4 Å². The number of hydrogen-bond acceptors (Lipinski definition) is 4. The Kier molecular flexibility index (Phi) is 6.37. The normalized spacial score (nSPS) is 16.3. The van der Waals surface area contributed by atoms with Gasteiger partial charge in [0, 0.05) is 6.54 Å². The number of allylic oxidation sites excluding steroid dienone is 2. The Hall–Kier alpha value is -2.34. The van der Waals surface area contributed by atoms with E-state index in [1.807, 2.05) is 0 Å². The molecule has 6 nitrogen and oxygen atoms in total. The van der Waals surface area contributed by atoms with E-state index in [0.29, 0.717) is 12.5 Å². The zero-order valence-corrected chi connectivity index (χ0v) is 14.1. The van der Waals surface area contributed by atoms with Crippen LogP contribution in [0.4, 0.5) is 5.69 Å². The van der Waals surface area contributed by atoms with Crippen LogP contribution in [0.1, 0.15) is 29.6 Å². The SMILES string of the molecule is COC(=O)c1ccc(Cl)c(NC(=O)C(=O)NCC2CC=CCC2)c1. The first-order valence-corrected chi connectivity index (χ1v) is 8.01. The Balaban J connectivity index is 1.94. The summed E-state index contributed by atoms with van der Waals surface area (Å²) in [6.45, 7) is 0.451. The summed E-state index contributed by atoms with van der Waals surface area (Å²) in [4.78, 5) is 35.4. The quantitative estimate of drug-likeness (QED) is 0.496. The second-order valence-corrected chi connectivity index (χ2v) is 5.91. The highest BCUT2D eigenvalue weighted by Crippen LogP contribution is 2.23. The Morgan fingerprint density at radius 3 is 2.71 bits per heavy atom. The lowest BCUT2D eigenvalue weighted by atomic mass is 9.94. The Morgan fingerprint density at radius 2 is 2.04 bits per heavy atom. The number of nitrogens with one attached hydrogen (secondary N) is 2. The highest BCUT2D eigenvalue weighted by molar-refractivity contribution is 6.41. The van der Waals surface area contributed by atoms with Gasteiger partial charge in [0.2, 0.25) is 0 Å². The monoisotopic (exact) mass is 350 g/mol. The number of ether oxygens (including phenoxy) is 1. The van der Waals surface area contributed by atoms with E-state index in [0.717, 1.165) is 19.3 Å². The van der Waals surface area contributed by atoms with E-state index in [9.17, 15) is 14.4 Å². The molecule has 0 aromatic heterocycles. The second kappa shape index (κ2) is 8.49. The number of rotatable bonds is 4. The van der Waals surface area contributed by atoms with Gasteiger partial charge in [0.25, 0.3) is 0 Å². The van der Waals surface area contributed by atoms with Crippen LogP contribution in [0.2, 0.25) is 5.02 Å². The van der Waals surface area contributed by atoms with E-state index in [-0.39, 0.29) is 16.3 Å². The molecule has 2 rings (SSSR count). The Bertz CT molecular complexity index is 673. The summed E-state index contributed by atoms with van der Waals surface area (Å²) in [6, 6.07) is 4.29. The highest BCUT2D eigenvalue weighted by Gasteiger charge is 2.18. The molecule has 0 bridgehead atoms. The number of methoxy groups -OCH3 is 1. The van der Waals surface area contributed by atoms with E-state index in [2.05, 4.69) is 27.5 Å². The van der Waals surface area contributed by atoms with Gasteiger partial charge in [0.15, 0.2) is 0 Å². The third-order valence-electron chi connectivity index (χ3n) is 3.77. The number of carbonyl (C=O) groups excluding carboxylic acids is 3. The average molecular weight is 351 g/mol. The third kappa shape index (κ3) is 4.83. The maximum absolute atomic E-state index is 12.0. The molecule has 1 unspecified atom stereocenters. The highest BCUT2D eigenvalue weighted by atomic mass is 35.5. The number of esters is 1. The first-order valence-electron chi connectivity index (χ1n) is 7.63. The van der Waals surface area contributed by atoms with Crippen molar-refractivity contribution in [2.24, 2.45) is 5.92 Å².